The fraction of sp³-hybridized carbons (Fsp3) is 0.844. The summed E-state index contributed by atoms with van der Waals surface area (Å²) in [4.78, 5) is 0. The third kappa shape index (κ3) is 19.7. The first-order valence-electron chi connectivity index (χ1n) is 17.1. The molecule has 6 atom stereocenters. The number of sulfone groups is 1. The summed E-state index contributed by atoms with van der Waals surface area (Å²) in [5, 5.41) is 10.7. The van der Waals surface area contributed by atoms with Crippen molar-refractivity contribution in [1.82, 2.24) is 0 Å². The van der Waals surface area contributed by atoms with Crippen LogP contribution in [-0.2, 0) is 30.1 Å². The molecule has 0 aliphatic carbocycles. The average molecular weight is 700 g/mol. The molecule has 270 valence electrons. The molecule has 5 rings (SSSR count). The predicted molar refractivity (Wildman–Crippen MR) is 186 cm³/mol. The van der Waals surface area contributed by atoms with Crippen molar-refractivity contribution in [3.8, 4) is 0 Å². The zero-order valence-electron chi connectivity index (χ0n) is 28.5. The highest BCUT2D eigenvalue weighted by atomic mass is 32.2. The molecule has 0 bridgehead atoms. The van der Waals surface area contributed by atoms with Gasteiger partial charge in [0.25, 0.3) is 0 Å². The van der Waals surface area contributed by atoms with Crippen molar-refractivity contribution in [2.75, 3.05) is 56.6 Å². The molecule has 0 aromatic rings. The molecule has 10 N–H and O–H groups in total. The van der Waals surface area contributed by atoms with Gasteiger partial charge in [-0.2, -0.15) is 47.0 Å². The van der Waals surface area contributed by atoms with Gasteiger partial charge in [-0.25, -0.2) is 8.42 Å². The summed E-state index contributed by atoms with van der Waals surface area (Å²) >= 11 is 2.10. The van der Waals surface area contributed by atoms with E-state index in [9.17, 15) is 12.6 Å². The molecule has 5 fully saturated rings. The van der Waals surface area contributed by atoms with Gasteiger partial charge in [-0.15, -0.1) is 0 Å². The van der Waals surface area contributed by atoms with E-state index in [1.807, 2.05) is 21.3 Å². The number of nitrogens with two attached hydrogens (primary N) is 5. The first-order chi connectivity index (χ1) is 21.5. The van der Waals surface area contributed by atoms with Crippen molar-refractivity contribution in [2.45, 2.75) is 112 Å². The Labute approximate surface area is 283 Å². The third-order valence-electron chi connectivity index (χ3n) is 8.46. The van der Waals surface area contributed by atoms with Crippen molar-refractivity contribution >= 4 is 32.4 Å². The monoisotopic (exact) mass is 699 g/mol. The number of hydrogen-bond donors (Lipinski definition) is 5. The van der Waals surface area contributed by atoms with E-state index in [0.29, 0.717) is 29.8 Å². The lowest BCUT2D eigenvalue weighted by molar-refractivity contribution is -0.603. The fourth-order valence-electron chi connectivity index (χ4n) is 5.93. The van der Waals surface area contributed by atoms with E-state index in [0.717, 1.165) is 62.9 Å². The van der Waals surface area contributed by atoms with Crippen LogP contribution in [0.5, 0.6) is 0 Å². The molecule has 5 heterocycles. The SMILES string of the molecule is [CH2-][NH2+]CC1CCC(C)(C)O1.[CH2-][NH2+]CC1CCCO1.[CH2-][NH2+]CC1CCCS1.[CH2-][NH2+]CC1CCCS1(=O)=O.[CH2-][NH2+]CC1CCCS1=O. The molecule has 0 spiro atoms. The smallest absolute Gasteiger partial charge is 0.158 e. The topological polar surface area (TPSA) is 153 Å². The quantitative estimate of drug-likeness (QED) is 0.170. The minimum absolute atomic E-state index is 0.119. The number of thioether (sulfide) groups is 1. The summed E-state index contributed by atoms with van der Waals surface area (Å²) in [5.74, 6) is 2.67. The molecule has 0 aromatic carbocycles. The van der Waals surface area contributed by atoms with Gasteiger partial charge in [-0.3, -0.25) is 4.21 Å². The number of quaternary nitrogens is 5. The molecule has 0 amide bonds. The van der Waals surface area contributed by atoms with Gasteiger partial charge in [0.05, 0.1) is 54.6 Å². The third-order valence-corrected chi connectivity index (χ3v) is 14.0. The Morgan fingerprint density at radius 1 is 0.778 bits per heavy atom. The van der Waals surface area contributed by atoms with E-state index < -0.39 is 20.6 Å². The standard InChI is InChI=1S/C8H17NO.C6H13NO2S.C6H13NOS.C6H13NO.C6H13NS/c1-8(2)5-4-7(10-8)6-9-3;1-7-5-6-3-2-4-10(6,8)9;1-7-5-6-3-2-4-9(6)8;2*1-7-5-6-3-2-4-8-6/h7H,3-6,9H2,1-2H3;6H,1-5,7H2;6H,1-5,7H2;2*6H,1-5,7H2. The maximum absolute atomic E-state index is 11.1. The summed E-state index contributed by atoms with van der Waals surface area (Å²) in [5.41, 5.74) is 0.119. The Kier molecular flexibility index (Phi) is 24.2. The van der Waals surface area contributed by atoms with Gasteiger partial charge in [-0.05, 0) is 83.8 Å². The molecule has 13 heteroatoms. The molecule has 5 saturated heterocycles. The second-order valence-corrected chi connectivity index (χ2v) is 18.6. The Morgan fingerprint density at radius 3 is 1.89 bits per heavy atom. The lowest BCUT2D eigenvalue weighted by Crippen LogP contribution is -2.79. The lowest BCUT2D eigenvalue weighted by Gasteiger charge is -2.18. The van der Waals surface area contributed by atoms with Gasteiger partial charge in [-0.1, -0.05) is 0 Å². The van der Waals surface area contributed by atoms with Crippen LogP contribution in [0.3, 0.4) is 0 Å². The molecule has 0 saturated carbocycles. The highest BCUT2D eigenvalue weighted by Gasteiger charge is 2.32. The van der Waals surface area contributed by atoms with Crippen LogP contribution in [0, 0.1) is 35.2 Å². The molecule has 0 radical (unpaired) electrons. The Bertz CT molecular complexity index is 838. The van der Waals surface area contributed by atoms with Crippen LogP contribution >= 0.6 is 11.8 Å². The molecule has 0 aromatic heterocycles. The zero-order chi connectivity index (χ0) is 33.6. The summed E-state index contributed by atoms with van der Waals surface area (Å²) in [6.07, 6.45) is 12.5. The summed E-state index contributed by atoms with van der Waals surface area (Å²) in [7, 11) is 14.9. The van der Waals surface area contributed by atoms with Crippen molar-refractivity contribution in [3.63, 3.8) is 0 Å². The van der Waals surface area contributed by atoms with Gasteiger partial charge in [0, 0.05) is 23.2 Å². The van der Waals surface area contributed by atoms with E-state index in [1.165, 1.54) is 50.8 Å². The minimum atomic E-state index is -2.72. The highest BCUT2D eigenvalue weighted by Crippen LogP contribution is 2.28. The molecular weight excluding hydrogens is 631 g/mol. The molecule has 5 aliphatic rings. The Morgan fingerprint density at radius 2 is 1.44 bits per heavy atom. The van der Waals surface area contributed by atoms with E-state index in [-0.39, 0.29) is 10.9 Å². The second kappa shape index (κ2) is 25.2. The van der Waals surface area contributed by atoms with E-state index in [4.69, 9.17) is 9.47 Å². The summed E-state index contributed by atoms with van der Waals surface area (Å²) in [6, 6.07) is 0. The van der Waals surface area contributed by atoms with E-state index in [2.05, 4.69) is 60.8 Å². The molecule has 10 nitrogen and oxygen atoms in total. The molecular formula is C32H69N5O5S3. The maximum Gasteiger partial charge on any atom is 0.158 e. The number of hydrogen-bond acceptors (Lipinski definition) is 6. The Balaban J connectivity index is 0.000000282. The lowest BCUT2D eigenvalue weighted by atomic mass is 10.1. The van der Waals surface area contributed by atoms with Crippen LogP contribution in [0.15, 0.2) is 0 Å². The van der Waals surface area contributed by atoms with Crippen LogP contribution < -0.4 is 26.6 Å². The van der Waals surface area contributed by atoms with Gasteiger partial charge in [0.2, 0.25) is 0 Å². The minimum Gasteiger partial charge on any atom is -0.478 e. The van der Waals surface area contributed by atoms with Crippen LogP contribution in [0.2, 0.25) is 0 Å². The largest absolute Gasteiger partial charge is 0.478 e. The summed E-state index contributed by atoms with van der Waals surface area (Å²) < 4.78 is 44.3. The first-order valence-corrected chi connectivity index (χ1v) is 21.2. The van der Waals surface area contributed by atoms with E-state index in [1.54, 1.807) is 5.32 Å². The van der Waals surface area contributed by atoms with Gasteiger partial charge in [0.1, 0.15) is 17.5 Å². The van der Waals surface area contributed by atoms with Crippen molar-refractivity contribution in [1.29, 1.82) is 0 Å². The number of rotatable bonds is 10. The normalized spacial score (nSPS) is 31.0. The summed E-state index contributed by atoms with van der Waals surface area (Å²) in [6.45, 7) is 10.1. The highest BCUT2D eigenvalue weighted by molar-refractivity contribution is 8.00. The maximum atomic E-state index is 11.1. The predicted octanol–water partition coefficient (Wildman–Crippen LogP) is -1.77. The zero-order valence-corrected chi connectivity index (χ0v) is 31.0. The first kappa shape index (κ1) is 43.2. The van der Waals surface area contributed by atoms with Crippen molar-refractivity contribution in [2.24, 2.45) is 0 Å². The molecule has 6 unspecified atom stereocenters. The van der Waals surface area contributed by atoms with Crippen molar-refractivity contribution < 1.29 is 48.7 Å². The fourth-order valence-corrected chi connectivity index (χ4v) is 10.6. The Hall–Kier alpha value is 0.170. The average Bonchev–Trinajstić information content (AvgIpc) is 3.84. The number of ether oxygens (including phenoxy) is 2. The van der Waals surface area contributed by atoms with E-state index >= 15 is 0 Å². The van der Waals surface area contributed by atoms with Crippen molar-refractivity contribution in [3.05, 3.63) is 35.2 Å². The van der Waals surface area contributed by atoms with Crippen LogP contribution in [0.4, 0.5) is 0 Å². The van der Waals surface area contributed by atoms with Gasteiger partial charge < -0.3 is 36.1 Å². The van der Waals surface area contributed by atoms with Crippen LogP contribution in [0.1, 0.15) is 78.1 Å². The second-order valence-electron chi connectivity index (χ2n) is 12.9. The molecule has 5 aliphatic heterocycles. The molecule has 45 heavy (non-hydrogen) atoms. The van der Waals surface area contributed by atoms with Gasteiger partial charge in [0.15, 0.2) is 9.84 Å². The van der Waals surface area contributed by atoms with Gasteiger partial charge >= 0.3 is 0 Å². The van der Waals surface area contributed by atoms with Crippen LogP contribution in [-0.4, -0.2) is 103 Å². The van der Waals surface area contributed by atoms with Crippen LogP contribution in [0.25, 0.3) is 0 Å².